The number of ether oxygens (including phenoxy) is 1. The molecule has 1 atom stereocenters. The van der Waals surface area contributed by atoms with Crippen LogP contribution >= 0.6 is 0 Å². The van der Waals surface area contributed by atoms with Crippen molar-refractivity contribution in [2.24, 2.45) is 0 Å². The van der Waals surface area contributed by atoms with Gasteiger partial charge in [-0.25, -0.2) is 4.79 Å². The molecule has 7 nitrogen and oxygen atoms in total. The van der Waals surface area contributed by atoms with Gasteiger partial charge in [-0.3, -0.25) is 14.2 Å². The van der Waals surface area contributed by atoms with Crippen molar-refractivity contribution in [1.29, 1.82) is 0 Å². The summed E-state index contributed by atoms with van der Waals surface area (Å²) in [5, 5.41) is 0. The lowest BCUT2D eigenvalue weighted by atomic mass is 10.0. The molecule has 1 aliphatic heterocycles. The normalized spacial score (nSPS) is 17.6. The summed E-state index contributed by atoms with van der Waals surface area (Å²) in [6, 6.07) is 7.22. The lowest BCUT2D eigenvalue weighted by molar-refractivity contribution is -0.153. The number of carbonyl (C=O) groups excluding carboxylic acids is 2. The maximum absolute atomic E-state index is 12.2. The van der Waals surface area contributed by atoms with Crippen molar-refractivity contribution in [3.63, 3.8) is 0 Å². The van der Waals surface area contributed by atoms with Crippen LogP contribution in [0.2, 0.25) is 0 Å². The third kappa shape index (κ3) is 3.92. The van der Waals surface area contributed by atoms with Crippen molar-refractivity contribution in [2.45, 2.75) is 45.2 Å². The van der Waals surface area contributed by atoms with Gasteiger partial charge in [0.2, 0.25) is 0 Å². The summed E-state index contributed by atoms with van der Waals surface area (Å²) >= 11 is 0. The molecule has 1 saturated heterocycles. The number of hydrogen-bond donors (Lipinski definition) is 0. The van der Waals surface area contributed by atoms with Gasteiger partial charge in [0.1, 0.15) is 0 Å². The number of fused-ring (bicyclic) bond motifs is 1. The molecule has 7 heteroatoms. The molecule has 1 aromatic heterocycles. The van der Waals surface area contributed by atoms with Crippen molar-refractivity contribution < 1.29 is 18.7 Å². The number of hydrogen-bond acceptors (Lipinski definition) is 5. The zero-order valence-corrected chi connectivity index (χ0v) is 14.3. The SMILES string of the molecule is C[C@H]1CCCCN1C(=O)COC(=O)CCn1c(=O)oc2ccccc21. The zero-order chi connectivity index (χ0) is 17.8. The number of amides is 1. The minimum absolute atomic E-state index is 0.00622. The van der Waals surface area contributed by atoms with Crippen molar-refractivity contribution in [2.75, 3.05) is 13.2 Å². The van der Waals surface area contributed by atoms with E-state index in [0.29, 0.717) is 17.6 Å². The van der Waals surface area contributed by atoms with E-state index >= 15 is 0 Å². The molecule has 0 saturated carbocycles. The Kier molecular flexibility index (Phi) is 5.21. The molecule has 1 fully saturated rings. The Bertz CT molecular complexity index is 822. The molecule has 2 heterocycles. The van der Waals surface area contributed by atoms with Crippen LogP contribution in [0.15, 0.2) is 33.5 Å². The second-order valence-electron chi connectivity index (χ2n) is 6.33. The first-order valence-electron chi connectivity index (χ1n) is 8.59. The first-order valence-corrected chi connectivity index (χ1v) is 8.59. The molecule has 2 aromatic rings. The fourth-order valence-corrected chi connectivity index (χ4v) is 3.19. The lowest BCUT2D eigenvalue weighted by Gasteiger charge is -2.33. The summed E-state index contributed by atoms with van der Waals surface area (Å²) in [7, 11) is 0. The van der Waals surface area contributed by atoms with Crippen LogP contribution in [0.25, 0.3) is 11.1 Å². The van der Waals surface area contributed by atoms with Crippen LogP contribution in [0.1, 0.15) is 32.6 Å². The highest BCUT2D eigenvalue weighted by Crippen LogP contribution is 2.16. The zero-order valence-electron chi connectivity index (χ0n) is 14.3. The van der Waals surface area contributed by atoms with E-state index < -0.39 is 11.7 Å². The summed E-state index contributed by atoms with van der Waals surface area (Å²) in [6.45, 7) is 2.64. The Balaban J connectivity index is 1.52. The van der Waals surface area contributed by atoms with Gasteiger partial charge in [0.25, 0.3) is 5.91 Å². The predicted octanol–water partition coefficient (Wildman–Crippen LogP) is 1.93. The third-order valence-corrected chi connectivity index (χ3v) is 4.59. The van der Waals surface area contributed by atoms with Crippen LogP contribution in [-0.4, -0.2) is 40.5 Å². The summed E-state index contributed by atoms with van der Waals surface area (Å²) in [5.41, 5.74) is 1.12. The third-order valence-electron chi connectivity index (χ3n) is 4.59. The highest BCUT2D eigenvalue weighted by molar-refractivity contribution is 5.81. The quantitative estimate of drug-likeness (QED) is 0.773. The van der Waals surface area contributed by atoms with E-state index in [2.05, 4.69) is 0 Å². The molecule has 0 N–H and O–H groups in total. The number of likely N-dealkylation sites (tertiary alicyclic amines) is 1. The summed E-state index contributed by atoms with van der Waals surface area (Å²) in [6.07, 6.45) is 3.10. The van der Waals surface area contributed by atoms with Gasteiger partial charge < -0.3 is 14.1 Å². The number of benzene rings is 1. The fraction of sp³-hybridized carbons (Fsp3) is 0.500. The molecule has 0 bridgehead atoms. The average molecular weight is 346 g/mol. The van der Waals surface area contributed by atoms with Gasteiger partial charge >= 0.3 is 11.7 Å². The average Bonchev–Trinajstić information content (AvgIpc) is 2.93. The standard InChI is InChI=1S/C18H22N2O5/c1-13-6-4-5-10-19(13)16(21)12-24-17(22)9-11-20-14-7-2-3-8-15(14)25-18(20)23/h2-3,7-8,13H,4-6,9-12H2,1H3/t13-/m0/s1. The Hall–Kier alpha value is -2.57. The number of esters is 1. The Morgan fingerprint density at radius 1 is 1.28 bits per heavy atom. The van der Waals surface area contributed by atoms with Crippen LogP contribution in [-0.2, 0) is 20.9 Å². The van der Waals surface area contributed by atoms with Crippen molar-refractivity contribution in [3.8, 4) is 0 Å². The lowest BCUT2D eigenvalue weighted by Crippen LogP contribution is -2.44. The number of carbonyl (C=O) groups is 2. The van der Waals surface area contributed by atoms with E-state index in [1.54, 1.807) is 29.2 Å². The van der Waals surface area contributed by atoms with Gasteiger partial charge in [-0.2, -0.15) is 0 Å². The molecule has 134 valence electrons. The molecule has 0 unspecified atom stereocenters. The van der Waals surface area contributed by atoms with E-state index in [-0.39, 0.29) is 31.5 Å². The number of oxazole rings is 1. The number of para-hydroxylation sites is 2. The fourth-order valence-electron chi connectivity index (χ4n) is 3.19. The molecule has 0 aliphatic carbocycles. The molecular formula is C18H22N2O5. The Morgan fingerprint density at radius 3 is 2.88 bits per heavy atom. The maximum Gasteiger partial charge on any atom is 0.419 e. The highest BCUT2D eigenvalue weighted by atomic mass is 16.5. The van der Waals surface area contributed by atoms with E-state index in [4.69, 9.17) is 9.15 Å². The van der Waals surface area contributed by atoms with Gasteiger partial charge in [-0.1, -0.05) is 12.1 Å². The first-order chi connectivity index (χ1) is 12.1. The second kappa shape index (κ2) is 7.55. The first kappa shape index (κ1) is 17.3. The van der Waals surface area contributed by atoms with Crippen molar-refractivity contribution in [1.82, 2.24) is 9.47 Å². The minimum atomic E-state index is -0.507. The highest BCUT2D eigenvalue weighted by Gasteiger charge is 2.24. The topological polar surface area (TPSA) is 81.8 Å². The monoisotopic (exact) mass is 346 g/mol. The Morgan fingerprint density at radius 2 is 2.08 bits per heavy atom. The van der Waals surface area contributed by atoms with Gasteiger partial charge in [0, 0.05) is 19.1 Å². The molecule has 0 spiro atoms. The van der Waals surface area contributed by atoms with Gasteiger partial charge in [-0.15, -0.1) is 0 Å². The molecule has 25 heavy (non-hydrogen) atoms. The molecule has 0 radical (unpaired) electrons. The van der Waals surface area contributed by atoms with Crippen molar-refractivity contribution in [3.05, 3.63) is 34.8 Å². The largest absolute Gasteiger partial charge is 0.456 e. The molecular weight excluding hydrogens is 324 g/mol. The van der Waals surface area contributed by atoms with Crippen LogP contribution in [0.3, 0.4) is 0 Å². The van der Waals surface area contributed by atoms with Gasteiger partial charge in [0.15, 0.2) is 12.2 Å². The minimum Gasteiger partial charge on any atom is -0.456 e. The summed E-state index contributed by atoms with van der Waals surface area (Å²) in [5.74, 6) is -1.17. The number of nitrogens with zero attached hydrogens (tertiary/aromatic N) is 2. The smallest absolute Gasteiger partial charge is 0.419 e. The number of piperidine rings is 1. The predicted molar refractivity (Wildman–Crippen MR) is 91.1 cm³/mol. The van der Waals surface area contributed by atoms with Crippen molar-refractivity contribution >= 4 is 23.0 Å². The number of aromatic nitrogens is 1. The van der Waals surface area contributed by atoms with Gasteiger partial charge in [-0.05, 0) is 38.3 Å². The number of rotatable bonds is 5. The Labute approximate surface area is 145 Å². The van der Waals surface area contributed by atoms with Crippen LogP contribution < -0.4 is 5.76 Å². The van der Waals surface area contributed by atoms with E-state index in [1.807, 2.05) is 6.92 Å². The van der Waals surface area contributed by atoms with Crippen LogP contribution in [0.4, 0.5) is 0 Å². The van der Waals surface area contributed by atoms with E-state index in [9.17, 15) is 14.4 Å². The van der Waals surface area contributed by atoms with E-state index in [0.717, 1.165) is 19.3 Å². The molecule has 1 aliphatic rings. The van der Waals surface area contributed by atoms with E-state index in [1.165, 1.54) is 4.57 Å². The number of aryl methyl sites for hydroxylation is 1. The summed E-state index contributed by atoms with van der Waals surface area (Å²) < 4.78 is 11.6. The molecule has 3 rings (SSSR count). The maximum atomic E-state index is 12.2. The van der Waals surface area contributed by atoms with Crippen LogP contribution in [0.5, 0.6) is 0 Å². The molecule has 1 aromatic carbocycles. The molecule has 1 amide bonds. The summed E-state index contributed by atoms with van der Waals surface area (Å²) in [4.78, 5) is 37.7. The van der Waals surface area contributed by atoms with Gasteiger partial charge in [0.05, 0.1) is 11.9 Å². The van der Waals surface area contributed by atoms with Crippen LogP contribution in [0, 0.1) is 0 Å². The second-order valence-corrected chi connectivity index (χ2v) is 6.33.